The number of anilines is 1. The van der Waals surface area contributed by atoms with E-state index < -0.39 is 18.0 Å². The van der Waals surface area contributed by atoms with Gasteiger partial charge in [-0.05, 0) is 19.8 Å². The van der Waals surface area contributed by atoms with E-state index in [9.17, 15) is 19.8 Å². The van der Waals surface area contributed by atoms with Crippen LogP contribution in [0.3, 0.4) is 0 Å². The van der Waals surface area contributed by atoms with E-state index >= 15 is 0 Å². The molecule has 0 unspecified atom stereocenters. The Kier molecular flexibility index (Phi) is 7.01. The number of carboxylic acid groups (broad SMARTS) is 1. The van der Waals surface area contributed by atoms with Gasteiger partial charge in [0.1, 0.15) is 5.70 Å². The molecule has 5 N–H and O–H groups in total. The van der Waals surface area contributed by atoms with Crippen LogP contribution in [0.5, 0.6) is 0 Å². The van der Waals surface area contributed by atoms with Crippen LogP contribution in [0.25, 0.3) is 0 Å². The predicted molar refractivity (Wildman–Crippen MR) is 116 cm³/mol. The number of hydrogen-bond donors (Lipinski definition) is 5. The van der Waals surface area contributed by atoms with E-state index in [-0.39, 0.29) is 41.2 Å². The number of aromatic amines is 1. The Bertz CT molecular complexity index is 818. The first-order valence-electron chi connectivity index (χ1n) is 10.00. The summed E-state index contributed by atoms with van der Waals surface area (Å²) in [5, 5.41) is 26.7. The average molecular weight is 458 g/mol. The third-order valence-electron chi connectivity index (χ3n) is 6.07. The Morgan fingerprint density at radius 1 is 1.50 bits per heavy atom. The second-order valence-corrected chi connectivity index (χ2v) is 9.35. The van der Waals surface area contributed by atoms with Gasteiger partial charge in [0.2, 0.25) is 5.91 Å². The number of hydrogen-bond acceptors (Lipinski definition) is 7. The molecule has 11 heteroatoms. The molecule has 30 heavy (non-hydrogen) atoms. The minimum Gasteiger partial charge on any atom is -0.477 e. The molecule has 0 radical (unpaired) electrons. The largest absolute Gasteiger partial charge is 0.477 e. The highest BCUT2D eigenvalue weighted by Crippen LogP contribution is 2.51. The number of carbonyl (C=O) groups is 2. The fourth-order valence-electron chi connectivity index (χ4n) is 4.68. The molecule has 1 aromatic heterocycles. The summed E-state index contributed by atoms with van der Waals surface area (Å²) in [6.07, 6.45) is 4.58. The summed E-state index contributed by atoms with van der Waals surface area (Å²) in [4.78, 5) is 33.6. The zero-order valence-electron chi connectivity index (χ0n) is 16.9. The number of H-pyrrole nitrogens is 1. The summed E-state index contributed by atoms with van der Waals surface area (Å²) in [5.41, 5.74) is 0.109. The van der Waals surface area contributed by atoms with Gasteiger partial charge in [-0.2, -0.15) is 0 Å². The van der Waals surface area contributed by atoms with Crippen LogP contribution in [0, 0.1) is 11.8 Å². The molecule has 0 aromatic carbocycles. The molecule has 1 amide bonds. The molecule has 3 aliphatic heterocycles. The minimum atomic E-state index is -1.07. The number of fused-ring (bicyclic) bond motifs is 1. The summed E-state index contributed by atoms with van der Waals surface area (Å²) in [7, 11) is 0. The van der Waals surface area contributed by atoms with E-state index in [1.165, 1.54) is 4.90 Å². The summed E-state index contributed by atoms with van der Waals surface area (Å²) < 4.78 is 0. The van der Waals surface area contributed by atoms with Gasteiger partial charge in [0.05, 0.1) is 18.1 Å². The lowest BCUT2D eigenvalue weighted by molar-refractivity contribution is -0.163. The van der Waals surface area contributed by atoms with Crippen LogP contribution < -0.4 is 10.6 Å². The first kappa shape index (κ1) is 22.9. The third kappa shape index (κ3) is 4.05. The second-order valence-electron chi connectivity index (χ2n) is 8.01. The SMILES string of the molecule is C[C@@H](O)[C@H]1C(=O)N2C(C(=O)O)=C(S[C@@H]3CN[C@H](CCNc4ncc[nH]4)C3)[C@H](C)[C@H]12.Cl. The van der Waals surface area contributed by atoms with Gasteiger partial charge < -0.3 is 30.7 Å². The quantitative estimate of drug-likeness (QED) is 0.369. The number of nitrogens with one attached hydrogen (secondary N) is 3. The lowest BCUT2D eigenvalue weighted by atomic mass is 9.79. The van der Waals surface area contributed by atoms with Crippen molar-refractivity contribution in [1.29, 1.82) is 0 Å². The number of β-lactam (4-membered cyclic amide) rings is 1. The van der Waals surface area contributed by atoms with Gasteiger partial charge in [0.15, 0.2) is 5.95 Å². The third-order valence-corrected chi connectivity index (χ3v) is 7.58. The summed E-state index contributed by atoms with van der Waals surface area (Å²) >= 11 is 1.58. The monoisotopic (exact) mass is 457 g/mol. The minimum absolute atomic E-state index is 0. The van der Waals surface area contributed by atoms with E-state index in [2.05, 4.69) is 20.6 Å². The van der Waals surface area contributed by atoms with Crippen molar-refractivity contribution in [2.45, 2.75) is 50.1 Å². The second kappa shape index (κ2) is 9.17. The Hall–Kier alpha value is -1.75. The first-order chi connectivity index (χ1) is 13.9. The highest BCUT2D eigenvalue weighted by molar-refractivity contribution is 8.03. The van der Waals surface area contributed by atoms with Crippen LogP contribution in [0.4, 0.5) is 5.95 Å². The summed E-state index contributed by atoms with van der Waals surface area (Å²) in [6, 6.07) is 0.100. The van der Waals surface area contributed by atoms with E-state index in [1.54, 1.807) is 31.1 Å². The van der Waals surface area contributed by atoms with Crippen LogP contribution >= 0.6 is 24.2 Å². The smallest absolute Gasteiger partial charge is 0.353 e. The Morgan fingerprint density at radius 2 is 2.27 bits per heavy atom. The number of amides is 1. The Labute approximate surface area is 185 Å². The van der Waals surface area contributed by atoms with Gasteiger partial charge in [0.25, 0.3) is 0 Å². The van der Waals surface area contributed by atoms with Crippen LogP contribution in [-0.2, 0) is 9.59 Å². The number of aliphatic hydroxyl groups is 1. The molecule has 2 fully saturated rings. The fourth-order valence-corrected chi connectivity index (χ4v) is 6.20. The summed E-state index contributed by atoms with van der Waals surface area (Å²) in [5.74, 6) is -1.19. The highest BCUT2D eigenvalue weighted by atomic mass is 35.5. The molecule has 0 aliphatic carbocycles. The molecule has 0 bridgehead atoms. The van der Waals surface area contributed by atoms with Crippen LogP contribution in [0.2, 0.25) is 0 Å². The van der Waals surface area contributed by atoms with E-state index in [4.69, 9.17) is 0 Å². The van der Waals surface area contributed by atoms with Crippen LogP contribution in [0.15, 0.2) is 23.0 Å². The van der Waals surface area contributed by atoms with Crippen molar-refractivity contribution < 1.29 is 19.8 Å². The molecule has 0 spiro atoms. The molecule has 6 atom stereocenters. The van der Waals surface area contributed by atoms with Crippen LogP contribution in [-0.4, -0.2) is 73.5 Å². The van der Waals surface area contributed by atoms with Crippen molar-refractivity contribution in [1.82, 2.24) is 20.2 Å². The highest BCUT2D eigenvalue weighted by Gasteiger charge is 2.60. The Balaban J connectivity index is 0.00000256. The van der Waals surface area contributed by atoms with E-state index in [1.807, 2.05) is 6.92 Å². The standard InChI is InChI=1S/C19H27N5O4S.ClH/c1-9-14-13(10(2)25)17(26)24(14)15(18(27)28)16(9)29-12-7-11(23-8-12)3-4-20-19-21-5-6-22-19;/h5-6,9-14,23,25H,3-4,7-8H2,1-2H3,(H,27,28)(H2,20,21,22);1H/t9-,10-,11-,12+,13-,14-;/m1./s1. The van der Waals surface area contributed by atoms with Gasteiger partial charge in [-0.25, -0.2) is 9.78 Å². The molecular formula is C19H28ClN5O4S. The lowest BCUT2D eigenvalue weighted by Crippen LogP contribution is -2.63. The van der Waals surface area contributed by atoms with Crippen molar-refractivity contribution in [2.24, 2.45) is 11.8 Å². The van der Waals surface area contributed by atoms with Crippen molar-refractivity contribution in [2.75, 3.05) is 18.4 Å². The topological polar surface area (TPSA) is 131 Å². The van der Waals surface area contributed by atoms with Gasteiger partial charge >= 0.3 is 5.97 Å². The maximum atomic E-state index is 12.4. The van der Waals surface area contributed by atoms with Crippen molar-refractivity contribution in [3.05, 3.63) is 23.0 Å². The molecule has 166 valence electrons. The van der Waals surface area contributed by atoms with E-state index in [0.29, 0.717) is 6.04 Å². The summed E-state index contributed by atoms with van der Waals surface area (Å²) in [6.45, 7) is 5.16. The molecule has 1 aromatic rings. The van der Waals surface area contributed by atoms with Gasteiger partial charge in [-0.1, -0.05) is 6.92 Å². The lowest BCUT2D eigenvalue weighted by Gasteiger charge is -2.46. The molecule has 0 saturated carbocycles. The zero-order chi connectivity index (χ0) is 20.7. The number of nitrogens with zero attached hydrogens (tertiary/aromatic N) is 2. The predicted octanol–water partition coefficient (Wildman–Crippen LogP) is 1.25. The van der Waals surface area contributed by atoms with Gasteiger partial charge in [-0.3, -0.25) is 4.79 Å². The molecular weight excluding hydrogens is 430 g/mol. The fraction of sp³-hybridized carbons (Fsp3) is 0.632. The van der Waals surface area contributed by atoms with Gasteiger partial charge in [0, 0.05) is 47.6 Å². The molecule has 9 nitrogen and oxygen atoms in total. The number of rotatable bonds is 8. The molecule has 3 aliphatic rings. The van der Waals surface area contributed by atoms with Gasteiger partial charge in [-0.15, -0.1) is 24.2 Å². The van der Waals surface area contributed by atoms with Crippen molar-refractivity contribution in [3.8, 4) is 0 Å². The number of aromatic nitrogens is 2. The maximum absolute atomic E-state index is 12.4. The van der Waals surface area contributed by atoms with Crippen LogP contribution in [0.1, 0.15) is 26.7 Å². The number of halogens is 1. The van der Waals surface area contributed by atoms with E-state index in [0.717, 1.165) is 36.8 Å². The number of aliphatic carboxylic acids is 1. The average Bonchev–Trinajstić information content (AvgIpc) is 3.37. The first-order valence-corrected chi connectivity index (χ1v) is 10.9. The van der Waals surface area contributed by atoms with Crippen molar-refractivity contribution in [3.63, 3.8) is 0 Å². The number of thioether (sulfide) groups is 1. The molecule has 4 heterocycles. The molecule has 2 saturated heterocycles. The number of carboxylic acids is 1. The van der Waals surface area contributed by atoms with Crippen molar-refractivity contribution >= 4 is 42.0 Å². The normalized spacial score (nSPS) is 31.2. The maximum Gasteiger partial charge on any atom is 0.353 e. The number of aliphatic hydroxyl groups excluding tert-OH is 1. The zero-order valence-corrected chi connectivity index (χ0v) is 18.5. The Morgan fingerprint density at radius 3 is 2.90 bits per heavy atom. The number of carbonyl (C=O) groups excluding carboxylic acids is 1. The number of imidazole rings is 1. The molecule has 4 rings (SSSR count).